The third kappa shape index (κ3) is 2.63. The smallest absolute Gasteiger partial charge is 0.195 e. The highest BCUT2D eigenvalue weighted by Gasteiger charge is 2.13. The Morgan fingerprint density at radius 3 is 2.07 bits per heavy atom. The molecule has 0 fully saturated rings. The van der Waals surface area contributed by atoms with Crippen molar-refractivity contribution >= 4 is 34.7 Å². The second-order valence-corrected chi connectivity index (χ2v) is 4.20. The molecule has 76 valence electrons. The van der Waals surface area contributed by atoms with Gasteiger partial charge in [-0.05, 0) is 24.3 Å². The Hall–Kier alpha value is -0.730. The van der Waals surface area contributed by atoms with Crippen molar-refractivity contribution in [2.75, 3.05) is 19.0 Å². The van der Waals surface area contributed by atoms with Gasteiger partial charge in [-0.2, -0.15) is 0 Å². The fourth-order valence-electron chi connectivity index (χ4n) is 1.05. The van der Waals surface area contributed by atoms with Crippen LogP contribution in [-0.4, -0.2) is 24.7 Å². The number of hydrogen-bond acceptors (Lipinski definition) is 2. The van der Waals surface area contributed by atoms with Gasteiger partial charge >= 0.3 is 0 Å². The van der Waals surface area contributed by atoms with Crippen molar-refractivity contribution in [3.05, 3.63) is 29.8 Å². The lowest BCUT2D eigenvalue weighted by Gasteiger charge is -2.12. The van der Waals surface area contributed by atoms with E-state index in [2.05, 4.69) is 0 Å². The lowest BCUT2D eigenvalue weighted by atomic mass is 10.1. The monoisotopic (exact) mass is 231 g/mol. The van der Waals surface area contributed by atoms with Crippen molar-refractivity contribution in [3.8, 4) is 0 Å². The van der Waals surface area contributed by atoms with Crippen LogP contribution in [0.15, 0.2) is 24.3 Å². The van der Waals surface area contributed by atoms with Gasteiger partial charge in [-0.15, -0.1) is 0 Å². The number of anilines is 1. The average Bonchev–Trinajstić information content (AvgIpc) is 2.16. The molecule has 0 aromatic heterocycles. The van der Waals surface area contributed by atoms with E-state index in [1.165, 1.54) is 0 Å². The van der Waals surface area contributed by atoms with E-state index in [1.54, 1.807) is 12.1 Å². The molecule has 4 heteroatoms. The van der Waals surface area contributed by atoms with Gasteiger partial charge in [0.2, 0.25) is 0 Å². The normalized spacial score (nSPS) is 10.4. The third-order valence-electron chi connectivity index (χ3n) is 1.87. The standard InChI is InChI=1S/C10H11Cl2NO/c1-13(2)8-5-3-7(4-6-8)9(14)10(11)12/h3-6,10H,1-2H3. The summed E-state index contributed by atoms with van der Waals surface area (Å²) in [5, 5.41) is 0. The second kappa shape index (κ2) is 4.67. The van der Waals surface area contributed by atoms with Crippen molar-refractivity contribution in [2.45, 2.75) is 4.84 Å². The molecule has 0 amide bonds. The summed E-state index contributed by atoms with van der Waals surface area (Å²) in [4.78, 5) is 12.3. The predicted molar refractivity (Wildman–Crippen MR) is 60.6 cm³/mol. The molecule has 2 nitrogen and oxygen atoms in total. The maximum atomic E-state index is 11.3. The number of Topliss-reactive ketones (excluding diaryl/α,β-unsaturated/α-hetero) is 1. The fraction of sp³-hybridized carbons (Fsp3) is 0.300. The summed E-state index contributed by atoms with van der Waals surface area (Å²) < 4.78 is 0. The Kier molecular flexibility index (Phi) is 3.78. The van der Waals surface area contributed by atoms with Gasteiger partial charge in [-0.25, -0.2) is 0 Å². The summed E-state index contributed by atoms with van der Waals surface area (Å²) in [5.74, 6) is -0.265. The van der Waals surface area contributed by atoms with Crippen LogP contribution in [0, 0.1) is 0 Å². The molecule has 0 saturated heterocycles. The zero-order valence-corrected chi connectivity index (χ0v) is 9.51. The Morgan fingerprint density at radius 1 is 1.21 bits per heavy atom. The summed E-state index contributed by atoms with van der Waals surface area (Å²) >= 11 is 10.9. The molecular weight excluding hydrogens is 221 g/mol. The molecule has 1 aromatic rings. The topological polar surface area (TPSA) is 20.3 Å². The number of halogens is 2. The summed E-state index contributed by atoms with van der Waals surface area (Å²) in [6.07, 6.45) is 0. The number of ketones is 1. The van der Waals surface area contributed by atoms with E-state index in [0.29, 0.717) is 5.56 Å². The lowest BCUT2D eigenvalue weighted by Crippen LogP contribution is -2.10. The van der Waals surface area contributed by atoms with Crippen molar-refractivity contribution in [1.29, 1.82) is 0 Å². The average molecular weight is 232 g/mol. The van der Waals surface area contributed by atoms with Gasteiger partial charge in [-0.1, -0.05) is 23.2 Å². The first-order valence-corrected chi connectivity index (χ1v) is 4.99. The number of alkyl halides is 2. The fourth-order valence-corrected chi connectivity index (χ4v) is 1.30. The van der Waals surface area contributed by atoms with Crippen LogP contribution in [-0.2, 0) is 0 Å². The predicted octanol–water partition coefficient (Wildman–Crippen LogP) is 2.74. The highest BCUT2D eigenvalue weighted by Crippen LogP contribution is 2.16. The van der Waals surface area contributed by atoms with Gasteiger partial charge < -0.3 is 4.90 Å². The highest BCUT2D eigenvalue weighted by molar-refractivity contribution is 6.55. The largest absolute Gasteiger partial charge is 0.378 e. The molecule has 0 aliphatic carbocycles. The molecule has 14 heavy (non-hydrogen) atoms. The Labute approximate surface area is 93.4 Å². The molecule has 0 heterocycles. The number of nitrogens with zero attached hydrogens (tertiary/aromatic N) is 1. The summed E-state index contributed by atoms with van der Waals surface area (Å²) in [6.45, 7) is 0. The van der Waals surface area contributed by atoms with Crippen molar-refractivity contribution in [3.63, 3.8) is 0 Å². The van der Waals surface area contributed by atoms with Crippen LogP contribution >= 0.6 is 23.2 Å². The quantitative estimate of drug-likeness (QED) is 0.589. The lowest BCUT2D eigenvalue weighted by molar-refractivity contribution is 0.101. The molecule has 0 spiro atoms. The van der Waals surface area contributed by atoms with Gasteiger partial charge in [-0.3, -0.25) is 4.79 Å². The number of hydrogen-bond donors (Lipinski definition) is 0. The van der Waals surface area contributed by atoms with Crippen LogP contribution < -0.4 is 4.90 Å². The Morgan fingerprint density at radius 2 is 1.71 bits per heavy atom. The van der Waals surface area contributed by atoms with Crippen LogP contribution in [0.1, 0.15) is 10.4 Å². The van der Waals surface area contributed by atoms with Crippen LogP contribution in [0.2, 0.25) is 0 Å². The van der Waals surface area contributed by atoms with E-state index in [1.807, 2.05) is 31.1 Å². The zero-order valence-electron chi connectivity index (χ0n) is 8.00. The molecule has 1 rings (SSSR count). The first-order valence-electron chi connectivity index (χ1n) is 4.12. The maximum absolute atomic E-state index is 11.3. The van der Waals surface area contributed by atoms with Crippen molar-refractivity contribution < 1.29 is 4.79 Å². The van der Waals surface area contributed by atoms with Crippen LogP contribution in [0.25, 0.3) is 0 Å². The Bertz CT molecular complexity index is 319. The molecule has 0 radical (unpaired) electrons. The molecule has 0 aliphatic rings. The van der Waals surface area contributed by atoms with Crippen LogP contribution in [0.5, 0.6) is 0 Å². The summed E-state index contributed by atoms with van der Waals surface area (Å²) in [6, 6.07) is 7.14. The van der Waals surface area contributed by atoms with E-state index >= 15 is 0 Å². The highest BCUT2D eigenvalue weighted by atomic mass is 35.5. The molecule has 1 aromatic carbocycles. The number of carbonyl (C=O) groups excluding carboxylic acids is 1. The first kappa shape index (κ1) is 11.3. The summed E-state index contributed by atoms with van der Waals surface area (Å²) in [7, 11) is 3.87. The van der Waals surface area contributed by atoms with E-state index < -0.39 is 4.84 Å². The van der Waals surface area contributed by atoms with Gasteiger partial charge in [0.1, 0.15) is 0 Å². The van der Waals surface area contributed by atoms with Gasteiger partial charge in [0, 0.05) is 25.3 Å². The molecule has 0 bridgehead atoms. The molecular formula is C10H11Cl2NO. The molecule has 0 aliphatic heterocycles. The van der Waals surface area contributed by atoms with E-state index in [0.717, 1.165) is 5.69 Å². The number of benzene rings is 1. The maximum Gasteiger partial charge on any atom is 0.195 e. The molecule has 0 atom stereocenters. The third-order valence-corrected chi connectivity index (χ3v) is 2.26. The number of carbonyl (C=O) groups is 1. The van der Waals surface area contributed by atoms with Crippen LogP contribution in [0.3, 0.4) is 0 Å². The minimum absolute atomic E-state index is 0.265. The molecule has 0 N–H and O–H groups in total. The minimum atomic E-state index is -0.986. The van der Waals surface area contributed by atoms with Gasteiger partial charge in [0.25, 0.3) is 0 Å². The van der Waals surface area contributed by atoms with Crippen molar-refractivity contribution in [1.82, 2.24) is 0 Å². The van der Waals surface area contributed by atoms with Crippen LogP contribution in [0.4, 0.5) is 5.69 Å². The van der Waals surface area contributed by atoms with E-state index in [9.17, 15) is 4.79 Å². The SMILES string of the molecule is CN(C)c1ccc(C(=O)C(Cl)Cl)cc1. The van der Waals surface area contributed by atoms with Crippen molar-refractivity contribution in [2.24, 2.45) is 0 Å². The van der Waals surface area contributed by atoms with Gasteiger partial charge in [0.05, 0.1) is 0 Å². The molecule has 0 saturated carbocycles. The molecule has 0 unspecified atom stereocenters. The van der Waals surface area contributed by atoms with Gasteiger partial charge in [0.15, 0.2) is 10.6 Å². The zero-order chi connectivity index (χ0) is 10.7. The number of rotatable bonds is 3. The van der Waals surface area contributed by atoms with E-state index in [4.69, 9.17) is 23.2 Å². The minimum Gasteiger partial charge on any atom is -0.378 e. The summed E-state index contributed by atoms with van der Waals surface area (Å²) in [5.41, 5.74) is 1.56. The van der Waals surface area contributed by atoms with E-state index in [-0.39, 0.29) is 5.78 Å². The Balaban J connectivity index is 2.89. The second-order valence-electron chi connectivity index (χ2n) is 3.11. The first-order chi connectivity index (χ1) is 6.52.